The largest absolute Gasteiger partial charge is 0.319 e. The van der Waals surface area contributed by atoms with E-state index in [-0.39, 0.29) is 6.42 Å². The van der Waals surface area contributed by atoms with Gasteiger partial charge in [0.2, 0.25) is 5.78 Å². The van der Waals surface area contributed by atoms with E-state index in [9.17, 15) is 9.59 Å². The van der Waals surface area contributed by atoms with Gasteiger partial charge in [-0.15, -0.1) is 0 Å². The number of carbonyl (C=O) groups excluding carboxylic acids is 2. The van der Waals surface area contributed by atoms with Crippen LogP contribution < -0.4 is 5.32 Å². The number of rotatable bonds is 5. The third kappa shape index (κ3) is 3.79. The lowest BCUT2D eigenvalue weighted by molar-refractivity contribution is -0.134. The third-order valence-electron chi connectivity index (χ3n) is 3.08. The molecule has 20 heavy (non-hydrogen) atoms. The molecule has 1 N–H and O–H groups in total. The standard InChI is InChI=1S/C17H17NO2/c1-2-13-8-10-15(11-9-13)18-17(20)16(19)12-14-6-4-3-5-7-14/h3-11H,2,12H2,1H3,(H,18,20). The maximum Gasteiger partial charge on any atom is 0.292 e. The highest BCUT2D eigenvalue weighted by molar-refractivity contribution is 6.41. The summed E-state index contributed by atoms with van der Waals surface area (Å²) in [5, 5.41) is 2.62. The Bertz CT molecular complexity index is 588. The molecule has 0 unspecified atom stereocenters. The van der Waals surface area contributed by atoms with E-state index >= 15 is 0 Å². The van der Waals surface area contributed by atoms with Gasteiger partial charge < -0.3 is 5.32 Å². The fourth-order valence-corrected chi connectivity index (χ4v) is 1.89. The number of aryl methyl sites for hydroxylation is 1. The van der Waals surface area contributed by atoms with Crippen LogP contribution in [0.2, 0.25) is 0 Å². The van der Waals surface area contributed by atoms with Crippen LogP contribution >= 0.6 is 0 Å². The second kappa shape index (κ2) is 6.66. The number of carbonyl (C=O) groups is 2. The molecule has 3 heteroatoms. The number of ketones is 1. The van der Waals surface area contributed by atoms with Gasteiger partial charge >= 0.3 is 0 Å². The minimum atomic E-state index is -0.571. The molecule has 0 aromatic heterocycles. The molecule has 0 atom stereocenters. The van der Waals surface area contributed by atoms with Crippen molar-refractivity contribution in [2.24, 2.45) is 0 Å². The molecular weight excluding hydrogens is 250 g/mol. The van der Waals surface area contributed by atoms with Crippen molar-refractivity contribution in [1.29, 1.82) is 0 Å². The van der Waals surface area contributed by atoms with E-state index in [1.54, 1.807) is 0 Å². The minimum Gasteiger partial charge on any atom is -0.319 e. The van der Waals surface area contributed by atoms with Crippen molar-refractivity contribution in [2.75, 3.05) is 5.32 Å². The second-order valence-electron chi connectivity index (χ2n) is 4.59. The number of Topliss-reactive ketones (excluding diaryl/α,β-unsaturated/α-hetero) is 1. The smallest absolute Gasteiger partial charge is 0.292 e. The molecule has 0 saturated carbocycles. The summed E-state index contributed by atoms with van der Waals surface area (Å²) in [5.41, 5.74) is 2.68. The first-order valence-corrected chi connectivity index (χ1v) is 6.66. The molecular formula is C17H17NO2. The van der Waals surface area contributed by atoms with Crippen LogP contribution in [0.5, 0.6) is 0 Å². The van der Waals surface area contributed by atoms with Crippen LogP contribution in [0.1, 0.15) is 18.1 Å². The van der Waals surface area contributed by atoms with E-state index in [2.05, 4.69) is 12.2 Å². The van der Waals surface area contributed by atoms with Gasteiger partial charge in [-0.2, -0.15) is 0 Å². The highest BCUT2D eigenvalue weighted by Gasteiger charge is 2.14. The van der Waals surface area contributed by atoms with Gasteiger partial charge in [-0.25, -0.2) is 0 Å². The Morgan fingerprint density at radius 1 is 0.900 bits per heavy atom. The van der Waals surface area contributed by atoms with Crippen LogP contribution in [0.15, 0.2) is 54.6 Å². The van der Waals surface area contributed by atoms with Crippen LogP contribution in [0.25, 0.3) is 0 Å². The van der Waals surface area contributed by atoms with E-state index < -0.39 is 11.7 Å². The number of hydrogen-bond donors (Lipinski definition) is 1. The molecule has 0 fully saturated rings. The maximum absolute atomic E-state index is 11.8. The molecule has 102 valence electrons. The summed E-state index contributed by atoms with van der Waals surface area (Å²) in [6.07, 6.45) is 1.07. The molecule has 3 nitrogen and oxygen atoms in total. The fourth-order valence-electron chi connectivity index (χ4n) is 1.89. The molecule has 0 bridgehead atoms. The zero-order valence-electron chi connectivity index (χ0n) is 11.4. The number of amides is 1. The van der Waals surface area contributed by atoms with Crippen molar-refractivity contribution >= 4 is 17.4 Å². The Morgan fingerprint density at radius 2 is 1.55 bits per heavy atom. The monoisotopic (exact) mass is 267 g/mol. The van der Waals surface area contributed by atoms with Crippen molar-refractivity contribution in [2.45, 2.75) is 19.8 Å². The molecule has 2 aromatic carbocycles. The molecule has 0 aliphatic rings. The zero-order valence-corrected chi connectivity index (χ0v) is 11.4. The minimum absolute atomic E-state index is 0.125. The summed E-state index contributed by atoms with van der Waals surface area (Å²) in [5.74, 6) is -1.01. The maximum atomic E-state index is 11.8. The SMILES string of the molecule is CCc1ccc(NC(=O)C(=O)Cc2ccccc2)cc1. The Morgan fingerprint density at radius 3 is 2.15 bits per heavy atom. The summed E-state index contributed by atoms with van der Waals surface area (Å²) in [6.45, 7) is 2.07. The van der Waals surface area contributed by atoms with Crippen molar-refractivity contribution in [3.63, 3.8) is 0 Å². The molecule has 2 rings (SSSR count). The quantitative estimate of drug-likeness (QED) is 0.846. The van der Waals surface area contributed by atoms with E-state index in [0.717, 1.165) is 12.0 Å². The molecule has 0 radical (unpaired) electrons. The van der Waals surface area contributed by atoms with Crippen LogP contribution in [0, 0.1) is 0 Å². The van der Waals surface area contributed by atoms with E-state index in [4.69, 9.17) is 0 Å². The first kappa shape index (κ1) is 14.0. The van der Waals surface area contributed by atoms with Gasteiger partial charge in [-0.1, -0.05) is 49.4 Å². The van der Waals surface area contributed by atoms with Gasteiger partial charge in [0.15, 0.2) is 0 Å². The van der Waals surface area contributed by atoms with Gasteiger partial charge in [-0.3, -0.25) is 9.59 Å². The Kier molecular flexibility index (Phi) is 4.66. The number of anilines is 1. The molecule has 2 aromatic rings. The van der Waals surface area contributed by atoms with Crippen molar-refractivity contribution < 1.29 is 9.59 Å². The highest BCUT2D eigenvalue weighted by atomic mass is 16.2. The first-order chi connectivity index (χ1) is 9.69. The zero-order chi connectivity index (χ0) is 14.4. The first-order valence-electron chi connectivity index (χ1n) is 6.66. The van der Waals surface area contributed by atoms with Crippen molar-refractivity contribution in [3.8, 4) is 0 Å². The van der Waals surface area contributed by atoms with Crippen LogP contribution in [0.3, 0.4) is 0 Å². The van der Waals surface area contributed by atoms with Gasteiger partial charge in [0.05, 0.1) is 0 Å². The summed E-state index contributed by atoms with van der Waals surface area (Å²) in [4.78, 5) is 23.6. The molecule has 0 spiro atoms. The topological polar surface area (TPSA) is 46.2 Å². The molecule has 0 heterocycles. The predicted molar refractivity (Wildman–Crippen MR) is 79.6 cm³/mol. The number of nitrogens with one attached hydrogen (secondary N) is 1. The van der Waals surface area contributed by atoms with E-state index in [0.29, 0.717) is 5.69 Å². The molecule has 1 amide bonds. The van der Waals surface area contributed by atoms with Gasteiger partial charge in [0.25, 0.3) is 5.91 Å². The Balaban J connectivity index is 1.95. The lowest BCUT2D eigenvalue weighted by Crippen LogP contribution is -2.24. The predicted octanol–water partition coefficient (Wildman–Crippen LogP) is 3.00. The van der Waals surface area contributed by atoms with Crippen LogP contribution in [-0.4, -0.2) is 11.7 Å². The van der Waals surface area contributed by atoms with Gasteiger partial charge in [-0.05, 0) is 29.7 Å². The summed E-state index contributed by atoms with van der Waals surface area (Å²) in [6, 6.07) is 16.8. The van der Waals surface area contributed by atoms with Crippen molar-refractivity contribution in [1.82, 2.24) is 0 Å². The van der Waals surface area contributed by atoms with Gasteiger partial charge in [0.1, 0.15) is 0 Å². The molecule has 0 aliphatic heterocycles. The summed E-state index contributed by atoms with van der Waals surface area (Å²) < 4.78 is 0. The average molecular weight is 267 g/mol. The second-order valence-corrected chi connectivity index (χ2v) is 4.59. The third-order valence-corrected chi connectivity index (χ3v) is 3.08. The number of hydrogen-bond acceptors (Lipinski definition) is 2. The van der Waals surface area contributed by atoms with Gasteiger partial charge in [0, 0.05) is 12.1 Å². The van der Waals surface area contributed by atoms with Crippen LogP contribution in [0.4, 0.5) is 5.69 Å². The summed E-state index contributed by atoms with van der Waals surface area (Å²) in [7, 11) is 0. The molecule has 0 saturated heterocycles. The normalized spacial score (nSPS) is 10.1. The summed E-state index contributed by atoms with van der Waals surface area (Å²) >= 11 is 0. The highest BCUT2D eigenvalue weighted by Crippen LogP contribution is 2.10. The lowest BCUT2D eigenvalue weighted by Gasteiger charge is -2.05. The Labute approximate surface area is 118 Å². The molecule has 0 aliphatic carbocycles. The fraction of sp³-hybridized carbons (Fsp3) is 0.176. The van der Waals surface area contributed by atoms with Crippen LogP contribution in [-0.2, 0) is 22.4 Å². The Hall–Kier alpha value is -2.42. The average Bonchev–Trinajstić information content (AvgIpc) is 2.49. The van der Waals surface area contributed by atoms with E-state index in [1.165, 1.54) is 5.56 Å². The van der Waals surface area contributed by atoms with E-state index in [1.807, 2.05) is 54.6 Å². The lowest BCUT2D eigenvalue weighted by atomic mass is 10.1. The number of benzene rings is 2. The van der Waals surface area contributed by atoms with Crippen molar-refractivity contribution in [3.05, 3.63) is 65.7 Å².